The van der Waals surface area contributed by atoms with Crippen molar-refractivity contribution in [1.82, 2.24) is 0 Å². The molecule has 0 atom stereocenters. The number of rotatable bonds is 4. The zero-order valence-corrected chi connectivity index (χ0v) is 12.1. The fraction of sp³-hybridized carbons (Fsp3) is 0.250. The predicted octanol–water partition coefficient (Wildman–Crippen LogP) is 4.90. The maximum absolute atomic E-state index is 13.1. The quantitative estimate of drug-likeness (QED) is 0.729. The summed E-state index contributed by atoms with van der Waals surface area (Å²) in [5.41, 5.74) is 3.57. The molecule has 2 aromatic rings. The summed E-state index contributed by atoms with van der Waals surface area (Å²) < 4.78 is 31.7. The zero-order valence-electron chi connectivity index (χ0n) is 11.3. The summed E-state index contributed by atoms with van der Waals surface area (Å²) in [6.45, 7) is 4.06. The van der Waals surface area contributed by atoms with Crippen molar-refractivity contribution in [3.63, 3.8) is 0 Å². The van der Waals surface area contributed by atoms with Gasteiger partial charge in [-0.3, -0.25) is 0 Å². The molecule has 0 amide bonds. The molecular formula is C16H15ClF2O. The fourth-order valence-electron chi connectivity index (χ4n) is 2.13. The Labute approximate surface area is 122 Å². The summed E-state index contributed by atoms with van der Waals surface area (Å²) in [5.74, 6) is -0.515. The van der Waals surface area contributed by atoms with Crippen LogP contribution < -0.4 is 4.74 Å². The van der Waals surface area contributed by atoms with Crippen molar-refractivity contribution in [1.29, 1.82) is 0 Å². The summed E-state index contributed by atoms with van der Waals surface area (Å²) in [7, 11) is 0. The van der Waals surface area contributed by atoms with E-state index in [0.29, 0.717) is 11.4 Å². The summed E-state index contributed by atoms with van der Waals surface area (Å²) in [4.78, 5) is 0. The molecule has 0 aliphatic carbocycles. The van der Waals surface area contributed by atoms with E-state index in [0.717, 1.165) is 34.6 Å². The highest BCUT2D eigenvalue weighted by Gasteiger charge is 2.08. The topological polar surface area (TPSA) is 9.23 Å². The van der Waals surface area contributed by atoms with E-state index in [-0.39, 0.29) is 6.61 Å². The molecule has 0 unspecified atom stereocenters. The Balaban J connectivity index is 2.16. The average Bonchev–Trinajstić information content (AvgIpc) is 2.41. The van der Waals surface area contributed by atoms with Gasteiger partial charge in [0.05, 0.1) is 0 Å². The Morgan fingerprint density at radius 3 is 2.15 bits per heavy atom. The highest BCUT2D eigenvalue weighted by atomic mass is 35.5. The Bertz CT molecular complexity index is 603. The molecule has 0 N–H and O–H groups in total. The molecule has 0 fully saturated rings. The van der Waals surface area contributed by atoms with Crippen LogP contribution in [-0.4, -0.2) is 0 Å². The van der Waals surface area contributed by atoms with E-state index in [1.54, 1.807) is 0 Å². The van der Waals surface area contributed by atoms with Gasteiger partial charge in [-0.25, -0.2) is 8.78 Å². The number of hydrogen-bond donors (Lipinski definition) is 0. The molecule has 20 heavy (non-hydrogen) atoms. The maximum atomic E-state index is 13.1. The third-order valence-electron chi connectivity index (χ3n) is 3.04. The van der Waals surface area contributed by atoms with Gasteiger partial charge in [0.25, 0.3) is 0 Å². The van der Waals surface area contributed by atoms with Crippen LogP contribution in [0.5, 0.6) is 5.75 Å². The highest BCUT2D eigenvalue weighted by Crippen LogP contribution is 2.26. The third-order valence-corrected chi connectivity index (χ3v) is 3.35. The molecule has 2 rings (SSSR count). The first-order valence-electron chi connectivity index (χ1n) is 6.24. The van der Waals surface area contributed by atoms with Crippen molar-refractivity contribution < 1.29 is 13.5 Å². The van der Waals surface area contributed by atoms with Crippen molar-refractivity contribution in [2.75, 3.05) is 0 Å². The van der Waals surface area contributed by atoms with E-state index in [1.807, 2.05) is 26.0 Å². The number of ether oxygens (including phenoxy) is 1. The number of alkyl halides is 1. The third kappa shape index (κ3) is 3.28. The molecule has 0 aromatic heterocycles. The van der Waals surface area contributed by atoms with Crippen LogP contribution in [0.4, 0.5) is 8.78 Å². The van der Waals surface area contributed by atoms with E-state index < -0.39 is 11.6 Å². The van der Waals surface area contributed by atoms with E-state index in [1.165, 1.54) is 6.07 Å². The van der Waals surface area contributed by atoms with Crippen LogP contribution in [0.25, 0.3) is 0 Å². The number of aryl methyl sites for hydroxylation is 2. The zero-order chi connectivity index (χ0) is 14.7. The minimum absolute atomic E-state index is 0.194. The largest absolute Gasteiger partial charge is 0.488 e. The van der Waals surface area contributed by atoms with E-state index in [2.05, 4.69) is 0 Å². The van der Waals surface area contributed by atoms with Crippen molar-refractivity contribution in [2.24, 2.45) is 0 Å². The second-order valence-corrected chi connectivity index (χ2v) is 5.00. The monoisotopic (exact) mass is 296 g/mol. The minimum atomic E-state index is -0.864. The lowest BCUT2D eigenvalue weighted by atomic mass is 10.1. The van der Waals surface area contributed by atoms with Gasteiger partial charge in [-0.15, -0.1) is 11.6 Å². The molecule has 0 saturated heterocycles. The molecule has 0 aliphatic heterocycles. The first-order chi connectivity index (χ1) is 9.51. The molecule has 0 spiro atoms. The van der Waals surface area contributed by atoms with Gasteiger partial charge >= 0.3 is 0 Å². The van der Waals surface area contributed by atoms with Crippen molar-refractivity contribution in [3.8, 4) is 5.75 Å². The van der Waals surface area contributed by atoms with Crippen LogP contribution >= 0.6 is 11.6 Å². The predicted molar refractivity (Wildman–Crippen MR) is 76.2 cm³/mol. The summed E-state index contributed by atoms with van der Waals surface area (Å²) in [6.07, 6.45) is 0. The minimum Gasteiger partial charge on any atom is -0.488 e. The smallest absolute Gasteiger partial charge is 0.159 e. The molecule has 106 valence electrons. The van der Waals surface area contributed by atoms with Crippen LogP contribution in [0.1, 0.15) is 22.3 Å². The van der Waals surface area contributed by atoms with E-state index in [4.69, 9.17) is 16.3 Å². The lowest BCUT2D eigenvalue weighted by Crippen LogP contribution is -2.01. The van der Waals surface area contributed by atoms with Gasteiger partial charge in [0.1, 0.15) is 12.4 Å². The molecule has 1 nitrogen and oxygen atoms in total. The second-order valence-electron chi connectivity index (χ2n) is 4.73. The first kappa shape index (κ1) is 14.8. The Hall–Kier alpha value is -1.61. The molecule has 2 aromatic carbocycles. The van der Waals surface area contributed by atoms with Crippen molar-refractivity contribution in [2.45, 2.75) is 26.3 Å². The Kier molecular flexibility index (Phi) is 4.61. The normalized spacial score (nSPS) is 10.7. The number of hydrogen-bond acceptors (Lipinski definition) is 1. The lowest BCUT2D eigenvalue weighted by molar-refractivity contribution is 0.301. The van der Waals surface area contributed by atoms with Crippen LogP contribution in [0, 0.1) is 25.5 Å². The standard InChI is InChI=1S/C16H15ClF2O/c1-10-5-13(8-17)6-11(2)16(10)20-9-12-3-4-14(18)15(19)7-12/h3-7H,8-9H2,1-2H3. The van der Waals surface area contributed by atoms with Gasteiger partial charge < -0.3 is 4.74 Å². The fourth-order valence-corrected chi connectivity index (χ4v) is 2.28. The van der Waals surface area contributed by atoms with Crippen LogP contribution in [0.15, 0.2) is 30.3 Å². The summed E-state index contributed by atoms with van der Waals surface area (Å²) >= 11 is 5.81. The Morgan fingerprint density at radius 1 is 0.950 bits per heavy atom. The molecule has 0 bridgehead atoms. The SMILES string of the molecule is Cc1cc(CCl)cc(C)c1OCc1ccc(F)c(F)c1. The lowest BCUT2D eigenvalue weighted by Gasteiger charge is -2.13. The molecule has 4 heteroatoms. The first-order valence-corrected chi connectivity index (χ1v) is 6.77. The highest BCUT2D eigenvalue weighted by molar-refractivity contribution is 6.17. The molecular weight excluding hydrogens is 282 g/mol. The summed E-state index contributed by atoms with van der Waals surface area (Å²) in [5, 5.41) is 0. The number of benzene rings is 2. The second kappa shape index (κ2) is 6.23. The molecule has 0 radical (unpaired) electrons. The molecule has 0 saturated carbocycles. The summed E-state index contributed by atoms with van der Waals surface area (Å²) in [6, 6.07) is 7.68. The van der Waals surface area contributed by atoms with E-state index >= 15 is 0 Å². The molecule has 0 aliphatic rings. The van der Waals surface area contributed by atoms with Gasteiger partial charge in [-0.2, -0.15) is 0 Å². The Morgan fingerprint density at radius 2 is 1.60 bits per heavy atom. The van der Waals surface area contributed by atoms with Gasteiger partial charge in [-0.05, 0) is 48.2 Å². The molecule has 0 heterocycles. The van der Waals surface area contributed by atoms with Gasteiger partial charge in [0, 0.05) is 5.88 Å². The van der Waals surface area contributed by atoms with E-state index in [9.17, 15) is 8.78 Å². The average molecular weight is 297 g/mol. The van der Waals surface area contributed by atoms with Gasteiger partial charge in [0.2, 0.25) is 0 Å². The van der Waals surface area contributed by atoms with Crippen LogP contribution in [0.3, 0.4) is 0 Å². The van der Waals surface area contributed by atoms with Crippen LogP contribution in [-0.2, 0) is 12.5 Å². The van der Waals surface area contributed by atoms with Crippen molar-refractivity contribution >= 4 is 11.6 Å². The van der Waals surface area contributed by atoms with Crippen LogP contribution in [0.2, 0.25) is 0 Å². The van der Waals surface area contributed by atoms with Gasteiger partial charge in [-0.1, -0.05) is 18.2 Å². The number of halogens is 3. The van der Waals surface area contributed by atoms with Crippen molar-refractivity contribution in [3.05, 3.63) is 64.2 Å². The maximum Gasteiger partial charge on any atom is 0.159 e. The van der Waals surface area contributed by atoms with Gasteiger partial charge in [0.15, 0.2) is 11.6 Å².